The van der Waals surface area contributed by atoms with Crippen LogP contribution in [0.3, 0.4) is 0 Å². The lowest BCUT2D eigenvalue weighted by molar-refractivity contribution is -0.154. The molecule has 0 spiro atoms. The molecular formula is C30H42N2O9P2. The van der Waals surface area contributed by atoms with Crippen LogP contribution in [-0.2, 0) is 44.1 Å². The molecule has 11 nitrogen and oxygen atoms in total. The molecule has 0 aliphatic rings. The molecule has 1 aromatic carbocycles. The van der Waals surface area contributed by atoms with E-state index in [2.05, 4.69) is 45.8 Å². The topological polar surface area (TPSA) is 168 Å². The van der Waals surface area contributed by atoms with Crippen LogP contribution in [0.1, 0.15) is 31.7 Å². The quantitative estimate of drug-likeness (QED) is 0.0599. The van der Waals surface area contributed by atoms with Crippen molar-refractivity contribution in [1.29, 1.82) is 0 Å². The van der Waals surface area contributed by atoms with Gasteiger partial charge in [0.2, 0.25) is 12.7 Å². The summed E-state index contributed by atoms with van der Waals surface area (Å²) in [6, 6.07) is 5.57. The monoisotopic (exact) mass is 636 g/mol. The first-order chi connectivity index (χ1) is 20.4. The molecule has 3 N–H and O–H groups in total. The number of amides is 1. The molecule has 0 heterocycles. The lowest BCUT2D eigenvalue weighted by Crippen LogP contribution is -2.35. The summed E-state index contributed by atoms with van der Waals surface area (Å²) in [5.41, 5.74) is 6.96. The van der Waals surface area contributed by atoms with E-state index in [1.165, 1.54) is 0 Å². The number of hydrogen-bond acceptors (Lipinski definition) is 10. The van der Waals surface area contributed by atoms with E-state index < -0.39 is 56.5 Å². The fraction of sp³-hybridized carbons (Fsp3) is 0.400. The first-order valence-electron chi connectivity index (χ1n) is 13.7. The molecule has 0 radical (unpaired) electrons. The molecule has 0 aromatic heterocycles. The van der Waals surface area contributed by atoms with Crippen molar-refractivity contribution >= 4 is 44.0 Å². The molecule has 0 fully saturated rings. The van der Waals surface area contributed by atoms with Crippen LogP contribution in [0.4, 0.5) is 10.5 Å². The van der Waals surface area contributed by atoms with Crippen molar-refractivity contribution in [3.05, 3.63) is 80.4 Å². The van der Waals surface area contributed by atoms with Gasteiger partial charge in [-0.15, -0.1) is 26.3 Å². The zero-order valence-corrected chi connectivity index (χ0v) is 26.4. The SMILES string of the molecule is C=CCP(=O)(CC=C)C(Cc1ccc(NC(=O)CC[C@H](N)C(=O)OC(=O)OCOC(=O)CC)cc1)P(=O)(CC=C)CC=C. The molecule has 0 bridgehead atoms. The second-order valence-corrected chi connectivity index (χ2v) is 16.6. The predicted octanol–water partition coefficient (Wildman–Crippen LogP) is 5.66. The number of rotatable bonds is 20. The molecular weight excluding hydrogens is 594 g/mol. The molecule has 0 saturated heterocycles. The number of nitrogens with two attached hydrogens (primary N) is 1. The van der Waals surface area contributed by atoms with Crippen LogP contribution in [0.25, 0.3) is 0 Å². The fourth-order valence-electron chi connectivity index (χ4n) is 4.22. The molecule has 1 rings (SSSR count). The highest BCUT2D eigenvalue weighted by Crippen LogP contribution is 2.69. The highest BCUT2D eigenvalue weighted by molar-refractivity contribution is 7.82. The van der Waals surface area contributed by atoms with Crippen LogP contribution in [0.2, 0.25) is 0 Å². The van der Waals surface area contributed by atoms with Crippen LogP contribution in [0.5, 0.6) is 0 Å². The average molecular weight is 637 g/mol. The molecule has 0 aliphatic heterocycles. The standard InChI is InChI=1S/C30H42N2O9P2/c1-6-17-42(37,18-7-2)28(43(38,19-8-3)20-9-4)21-23-11-13-24(14-12-23)32-26(33)16-15-25(31)29(35)41-30(36)40-22-39-27(34)10-5/h6-9,11-14,25,28H,1-4,10,15-22,31H2,5H3,(H,32,33)/t25-/m0/s1. The summed E-state index contributed by atoms with van der Waals surface area (Å²) in [6.45, 7) is 15.9. The molecule has 0 aliphatic carbocycles. The zero-order chi connectivity index (χ0) is 32.5. The Balaban J connectivity index is 2.84. The van der Waals surface area contributed by atoms with Crippen molar-refractivity contribution in [2.75, 3.05) is 36.8 Å². The number of carbonyl (C=O) groups is 4. The van der Waals surface area contributed by atoms with Gasteiger partial charge in [-0.3, -0.25) is 9.59 Å². The Morgan fingerprint density at radius 3 is 1.86 bits per heavy atom. The van der Waals surface area contributed by atoms with E-state index >= 15 is 0 Å². The number of carbonyl (C=O) groups excluding carboxylic acids is 4. The van der Waals surface area contributed by atoms with Gasteiger partial charge in [0.25, 0.3) is 0 Å². The summed E-state index contributed by atoms with van der Waals surface area (Å²) in [5, 5.41) is 2.07. The second kappa shape index (κ2) is 18.9. The highest BCUT2D eigenvalue weighted by Gasteiger charge is 2.42. The smallest absolute Gasteiger partial charge is 0.428 e. The Morgan fingerprint density at radius 2 is 1.40 bits per heavy atom. The van der Waals surface area contributed by atoms with Crippen molar-refractivity contribution in [1.82, 2.24) is 0 Å². The van der Waals surface area contributed by atoms with E-state index in [1.54, 1.807) is 55.5 Å². The van der Waals surface area contributed by atoms with Gasteiger partial charge in [-0.1, -0.05) is 43.4 Å². The molecule has 0 unspecified atom stereocenters. The summed E-state index contributed by atoms with van der Waals surface area (Å²) in [4.78, 5) is 46.9. The maximum atomic E-state index is 14.1. The summed E-state index contributed by atoms with van der Waals surface area (Å²) in [6.07, 6.45) is 5.97. The summed E-state index contributed by atoms with van der Waals surface area (Å²) in [7, 11) is -6.04. The Kier molecular flexibility index (Phi) is 16.5. The van der Waals surface area contributed by atoms with Gasteiger partial charge in [0.05, 0.1) is 5.40 Å². The first-order valence-corrected chi connectivity index (χ1v) is 17.9. The molecule has 1 atom stereocenters. The molecule has 13 heteroatoms. The second-order valence-electron chi connectivity index (χ2n) is 9.67. The Labute approximate surface area is 253 Å². The minimum Gasteiger partial charge on any atom is -0.428 e. The van der Waals surface area contributed by atoms with Gasteiger partial charge in [0.1, 0.15) is 20.3 Å². The normalized spacial score (nSPS) is 12.0. The van der Waals surface area contributed by atoms with Crippen LogP contribution in [-0.4, -0.2) is 66.9 Å². The Bertz CT molecular complexity index is 1190. The van der Waals surface area contributed by atoms with Crippen LogP contribution in [0.15, 0.2) is 74.9 Å². The first kappa shape index (κ1) is 37.5. The van der Waals surface area contributed by atoms with Crippen LogP contribution < -0.4 is 11.1 Å². The fourth-order valence-corrected chi connectivity index (χ4v) is 12.5. The number of anilines is 1. The van der Waals surface area contributed by atoms with Gasteiger partial charge < -0.3 is 34.4 Å². The number of nitrogens with one attached hydrogen (secondary N) is 1. The maximum Gasteiger partial charge on any atom is 0.519 e. The van der Waals surface area contributed by atoms with Crippen molar-refractivity contribution in [3.8, 4) is 0 Å². The Hall–Kier alpha value is -3.52. The van der Waals surface area contributed by atoms with E-state index in [1.807, 2.05) is 0 Å². The van der Waals surface area contributed by atoms with Crippen LogP contribution in [0, 0.1) is 0 Å². The van der Waals surface area contributed by atoms with Gasteiger partial charge in [-0.2, -0.15) is 0 Å². The lowest BCUT2D eigenvalue weighted by atomic mass is 10.1. The number of allylic oxidation sites excluding steroid dienone is 4. The minimum atomic E-state index is -3.02. The molecule has 236 valence electrons. The van der Waals surface area contributed by atoms with E-state index in [9.17, 15) is 28.3 Å². The number of hydrogen-bond donors (Lipinski definition) is 2. The highest BCUT2D eigenvalue weighted by atomic mass is 31.2. The third-order valence-electron chi connectivity index (χ3n) is 6.35. The Morgan fingerprint density at radius 1 is 0.884 bits per heavy atom. The summed E-state index contributed by atoms with van der Waals surface area (Å²) in [5.74, 6) is -2.14. The van der Waals surface area contributed by atoms with Gasteiger partial charge >= 0.3 is 18.1 Å². The largest absolute Gasteiger partial charge is 0.519 e. The summed E-state index contributed by atoms with van der Waals surface area (Å²) < 4.78 is 41.6. The van der Waals surface area contributed by atoms with Gasteiger partial charge in [0, 0.05) is 43.2 Å². The van der Waals surface area contributed by atoms with Gasteiger partial charge in [0.15, 0.2) is 0 Å². The molecule has 0 saturated carbocycles. The van der Waals surface area contributed by atoms with Crippen LogP contribution >= 0.6 is 14.3 Å². The van der Waals surface area contributed by atoms with E-state index in [0.717, 1.165) is 5.56 Å². The lowest BCUT2D eigenvalue weighted by Gasteiger charge is -2.33. The molecule has 1 amide bonds. The predicted molar refractivity (Wildman–Crippen MR) is 169 cm³/mol. The maximum absolute atomic E-state index is 14.1. The molecule has 1 aromatic rings. The van der Waals surface area contributed by atoms with E-state index in [4.69, 9.17) is 5.73 Å². The van der Waals surface area contributed by atoms with E-state index in [-0.39, 0.29) is 50.3 Å². The van der Waals surface area contributed by atoms with Gasteiger partial charge in [-0.05, 0) is 30.5 Å². The number of esters is 2. The van der Waals surface area contributed by atoms with E-state index in [0.29, 0.717) is 5.69 Å². The van der Waals surface area contributed by atoms with Crippen molar-refractivity contribution in [2.24, 2.45) is 5.73 Å². The minimum absolute atomic E-state index is 0.0830. The molecule has 43 heavy (non-hydrogen) atoms. The van der Waals surface area contributed by atoms with Crippen molar-refractivity contribution < 1.29 is 42.5 Å². The number of ether oxygens (including phenoxy) is 3. The summed E-state index contributed by atoms with van der Waals surface area (Å²) >= 11 is 0. The van der Waals surface area contributed by atoms with Crippen molar-refractivity contribution in [2.45, 2.75) is 44.0 Å². The third-order valence-corrected chi connectivity index (χ3v) is 14.9. The average Bonchev–Trinajstić information content (AvgIpc) is 2.95. The van der Waals surface area contributed by atoms with Crippen molar-refractivity contribution in [3.63, 3.8) is 0 Å². The zero-order valence-electron chi connectivity index (χ0n) is 24.6. The third kappa shape index (κ3) is 12.7. The van der Waals surface area contributed by atoms with Gasteiger partial charge in [-0.25, -0.2) is 9.59 Å². The number of benzene rings is 1.